The average Bonchev–Trinajstić information content (AvgIpc) is 2.81. The van der Waals surface area contributed by atoms with Gasteiger partial charge in [-0.2, -0.15) is 0 Å². The van der Waals surface area contributed by atoms with E-state index in [1.165, 1.54) is 12.1 Å². The number of benzene rings is 4. The molecule has 0 bridgehead atoms. The number of hydrogen-bond donors (Lipinski definition) is 4. The van der Waals surface area contributed by atoms with E-state index in [-0.39, 0.29) is 56.5 Å². The zero-order valence-corrected chi connectivity index (χ0v) is 19.7. The third kappa shape index (κ3) is 3.65. The number of carbonyl (C=O) groups excluding carboxylic acids is 2. The van der Waals surface area contributed by atoms with Crippen molar-refractivity contribution in [3.63, 3.8) is 0 Å². The number of nitrogens with two attached hydrogens (primary N) is 4. The number of ketones is 2. The van der Waals surface area contributed by atoms with E-state index in [4.69, 9.17) is 32.4 Å². The Morgan fingerprint density at radius 2 is 0.944 bits per heavy atom. The molecular weight excluding hydrogens is 456 g/mol. The Balaban J connectivity index is 1.64. The maximum absolute atomic E-state index is 13.8. The lowest BCUT2D eigenvalue weighted by molar-refractivity contribution is 0.0981. The molecule has 0 aliphatic heterocycles. The summed E-state index contributed by atoms with van der Waals surface area (Å²) in [6.07, 6.45) is 0. The molecule has 36 heavy (non-hydrogen) atoms. The van der Waals surface area contributed by atoms with Gasteiger partial charge in [-0.05, 0) is 49.2 Å². The second-order valence-electron chi connectivity index (χ2n) is 8.75. The van der Waals surface area contributed by atoms with Crippen molar-refractivity contribution in [3.05, 3.63) is 94.0 Å². The number of rotatable bonds is 4. The summed E-state index contributed by atoms with van der Waals surface area (Å²) in [5, 5.41) is 0. The van der Waals surface area contributed by atoms with Crippen LogP contribution in [0.3, 0.4) is 0 Å². The van der Waals surface area contributed by atoms with Crippen molar-refractivity contribution in [2.24, 2.45) is 0 Å². The largest absolute Gasteiger partial charge is 0.455 e. The number of nitrogen functional groups attached to an aromatic ring is 4. The first-order valence-electron chi connectivity index (χ1n) is 11.2. The number of hydrogen-bond acceptors (Lipinski definition) is 8. The third-order valence-electron chi connectivity index (χ3n) is 6.06. The Morgan fingerprint density at radius 1 is 0.556 bits per heavy atom. The highest BCUT2D eigenvalue weighted by molar-refractivity contribution is 6.35. The molecule has 0 aromatic heterocycles. The molecule has 0 amide bonds. The monoisotopic (exact) mass is 480 g/mol. The first-order valence-corrected chi connectivity index (χ1v) is 11.2. The molecule has 0 unspecified atom stereocenters. The zero-order valence-electron chi connectivity index (χ0n) is 19.7. The van der Waals surface area contributed by atoms with E-state index < -0.39 is 11.6 Å². The fraction of sp³-hybridized carbons (Fsp3) is 0.0714. The van der Waals surface area contributed by atoms with Gasteiger partial charge in [0.25, 0.3) is 0 Å². The summed E-state index contributed by atoms with van der Waals surface area (Å²) >= 11 is 0. The minimum atomic E-state index is -0.586. The number of ether oxygens (including phenoxy) is 2. The van der Waals surface area contributed by atoms with E-state index in [0.29, 0.717) is 11.5 Å². The molecule has 8 N–H and O–H groups in total. The van der Waals surface area contributed by atoms with Gasteiger partial charge < -0.3 is 32.4 Å². The smallest absolute Gasteiger partial charge is 0.199 e. The molecule has 8 heteroatoms. The van der Waals surface area contributed by atoms with E-state index >= 15 is 0 Å². The Hall–Kier alpha value is -4.98. The van der Waals surface area contributed by atoms with Crippen LogP contribution in [0.5, 0.6) is 23.0 Å². The quantitative estimate of drug-likeness (QED) is 0.262. The highest BCUT2D eigenvalue weighted by Crippen LogP contribution is 2.46. The molecule has 180 valence electrons. The molecule has 1 aliphatic rings. The lowest BCUT2D eigenvalue weighted by Crippen LogP contribution is -2.26. The molecule has 0 heterocycles. The summed E-state index contributed by atoms with van der Waals surface area (Å²) in [6.45, 7) is 3.83. The van der Waals surface area contributed by atoms with Crippen molar-refractivity contribution < 1.29 is 19.1 Å². The molecule has 0 spiro atoms. The van der Waals surface area contributed by atoms with E-state index in [9.17, 15) is 9.59 Å². The maximum Gasteiger partial charge on any atom is 0.199 e. The summed E-state index contributed by atoms with van der Waals surface area (Å²) in [6, 6.07) is 17.5. The van der Waals surface area contributed by atoms with E-state index in [1.807, 2.05) is 50.2 Å². The van der Waals surface area contributed by atoms with Crippen LogP contribution in [0.25, 0.3) is 0 Å². The molecule has 0 atom stereocenters. The molecule has 4 aromatic carbocycles. The number of carbonyl (C=O) groups is 2. The number of fused-ring (bicyclic) bond motifs is 2. The van der Waals surface area contributed by atoms with E-state index in [2.05, 4.69) is 0 Å². The maximum atomic E-state index is 13.8. The minimum Gasteiger partial charge on any atom is -0.455 e. The van der Waals surface area contributed by atoms with Gasteiger partial charge >= 0.3 is 0 Å². The molecule has 0 saturated carbocycles. The van der Waals surface area contributed by atoms with Crippen LogP contribution >= 0.6 is 0 Å². The molecule has 0 fully saturated rings. The van der Waals surface area contributed by atoms with Gasteiger partial charge in [0, 0.05) is 23.5 Å². The summed E-state index contributed by atoms with van der Waals surface area (Å²) in [5.41, 5.74) is 27.0. The summed E-state index contributed by atoms with van der Waals surface area (Å²) < 4.78 is 11.9. The molecule has 5 rings (SSSR count). The predicted octanol–water partition coefficient (Wildman–Crippen LogP) is 4.99. The normalized spacial score (nSPS) is 12.2. The van der Waals surface area contributed by atoms with Gasteiger partial charge in [0.2, 0.25) is 0 Å². The van der Waals surface area contributed by atoms with Crippen LogP contribution in [0, 0.1) is 13.8 Å². The second-order valence-corrected chi connectivity index (χ2v) is 8.75. The van der Waals surface area contributed by atoms with Crippen LogP contribution in [-0.4, -0.2) is 11.6 Å². The van der Waals surface area contributed by atoms with Crippen LogP contribution < -0.4 is 32.4 Å². The molecule has 8 nitrogen and oxygen atoms in total. The van der Waals surface area contributed by atoms with Crippen LogP contribution in [0.4, 0.5) is 22.7 Å². The third-order valence-corrected chi connectivity index (χ3v) is 6.06. The van der Waals surface area contributed by atoms with Crippen molar-refractivity contribution in [1.29, 1.82) is 0 Å². The minimum absolute atomic E-state index is 0.0207. The lowest BCUT2D eigenvalue weighted by atomic mass is 9.80. The highest BCUT2D eigenvalue weighted by atomic mass is 16.5. The Bertz CT molecular complexity index is 1480. The zero-order chi connectivity index (χ0) is 25.7. The van der Waals surface area contributed by atoms with Crippen molar-refractivity contribution >= 4 is 34.3 Å². The van der Waals surface area contributed by atoms with Crippen LogP contribution in [-0.2, 0) is 0 Å². The summed E-state index contributed by atoms with van der Waals surface area (Å²) in [5.74, 6) is 0.192. The number of anilines is 4. The molecule has 1 aliphatic carbocycles. The van der Waals surface area contributed by atoms with Crippen LogP contribution in [0.15, 0.2) is 60.7 Å². The van der Waals surface area contributed by atoms with Gasteiger partial charge in [-0.3, -0.25) is 9.59 Å². The van der Waals surface area contributed by atoms with Crippen molar-refractivity contribution in [2.45, 2.75) is 13.8 Å². The fourth-order valence-electron chi connectivity index (χ4n) is 4.38. The van der Waals surface area contributed by atoms with Gasteiger partial charge in [0.1, 0.15) is 11.5 Å². The van der Waals surface area contributed by atoms with Gasteiger partial charge in [-0.1, -0.05) is 24.3 Å². The lowest BCUT2D eigenvalue weighted by Gasteiger charge is -2.25. The van der Waals surface area contributed by atoms with Crippen LogP contribution in [0.1, 0.15) is 43.0 Å². The Morgan fingerprint density at radius 3 is 1.33 bits per heavy atom. The van der Waals surface area contributed by atoms with Crippen molar-refractivity contribution in [1.82, 2.24) is 0 Å². The van der Waals surface area contributed by atoms with E-state index in [0.717, 1.165) is 11.1 Å². The fourth-order valence-corrected chi connectivity index (χ4v) is 4.38. The van der Waals surface area contributed by atoms with E-state index in [1.54, 1.807) is 12.1 Å². The summed E-state index contributed by atoms with van der Waals surface area (Å²) in [4.78, 5) is 27.3. The Kier molecular flexibility index (Phi) is 5.29. The second kappa shape index (κ2) is 8.35. The highest BCUT2D eigenvalue weighted by Gasteiger charge is 2.38. The van der Waals surface area contributed by atoms with Gasteiger partial charge in [0.05, 0.1) is 33.6 Å². The topological polar surface area (TPSA) is 157 Å². The van der Waals surface area contributed by atoms with Crippen molar-refractivity contribution in [2.75, 3.05) is 22.9 Å². The molecule has 4 aromatic rings. The average molecular weight is 481 g/mol. The van der Waals surface area contributed by atoms with Gasteiger partial charge in [0.15, 0.2) is 23.1 Å². The molecular formula is C28H24N4O4. The SMILES string of the molecule is Cc1cccc(Oc2cc(N)c3c(c2N)C(=O)c2c(N)c(Oc4cccc(C)c4)cc(N)c2C3=O)c1. The van der Waals surface area contributed by atoms with Crippen LogP contribution in [0.2, 0.25) is 0 Å². The molecule has 0 saturated heterocycles. The Labute approximate surface area is 207 Å². The van der Waals surface area contributed by atoms with Gasteiger partial charge in [-0.15, -0.1) is 0 Å². The molecule has 0 radical (unpaired) electrons. The summed E-state index contributed by atoms with van der Waals surface area (Å²) in [7, 11) is 0. The number of aryl methyl sites for hydroxylation is 2. The standard InChI is InChI=1S/C28H24N4O4/c1-13-5-3-7-15(9-13)35-19-11-17(29)21-23(25(19)31)28(34)24-22(27(21)33)18(30)12-20(26(24)32)36-16-8-4-6-14(2)10-16/h3-12H,29-32H2,1-2H3. The first-order chi connectivity index (χ1) is 17.2. The predicted molar refractivity (Wildman–Crippen MR) is 140 cm³/mol. The van der Waals surface area contributed by atoms with Crippen molar-refractivity contribution in [3.8, 4) is 23.0 Å². The van der Waals surface area contributed by atoms with Gasteiger partial charge in [-0.25, -0.2) is 0 Å². The first kappa shape index (κ1) is 22.8.